The lowest BCUT2D eigenvalue weighted by molar-refractivity contribution is 0.0392. The van der Waals surface area contributed by atoms with Gasteiger partial charge in [-0.2, -0.15) is 0 Å². The molecule has 1 atom stereocenters. The van der Waals surface area contributed by atoms with Gasteiger partial charge in [-0.25, -0.2) is 0 Å². The average molecular weight is 216 g/mol. The summed E-state index contributed by atoms with van der Waals surface area (Å²) in [5.74, 6) is 0. The molecular weight excluding hydrogens is 188 g/mol. The van der Waals surface area contributed by atoms with Crippen LogP contribution in [0.2, 0.25) is 0 Å². The number of ether oxygens (including phenoxy) is 1. The first-order valence-electron chi connectivity index (χ1n) is 5.97. The molecule has 1 unspecified atom stereocenters. The lowest BCUT2D eigenvalue weighted by Gasteiger charge is -2.43. The van der Waals surface area contributed by atoms with E-state index in [-0.39, 0.29) is 5.54 Å². The maximum atomic E-state index is 5.92. The second-order valence-corrected chi connectivity index (χ2v) is 4.73. The van der Waals surface area contributed by atoms with Crippen LogP contribution in [0, 0.1) is 0 Å². The average Bonchev–Trinajstić information content (AvgIpc) is 2.18. The molecule has 0 amide bonds. The second kappa shape index (κ2) is 7.20. The molecular formula is C12H28N2O. The molecule has 92 valence electrons. The predicted octanol–water partition coefficient (Wildman–Crippen LogP) is 1.86. The highest BCUT2D eigenvalue weighted by molar-refractivity contribution is 4.88. The Morgan fingerprint density at radius 1 is 1.40 bits per heavy atom. The standard InChI is InChI=1S/C12H28N2O/c1-6-7-12(4,10-13)14(11(2)3)8-9-15-5/h11H,6-10,13H2,1-5H3. The summed E-state index contributed by atoms with van der Waals surface area (Å²) in [6.07, 6.45) is 2.31. The van der Waals surface area contributed by atoms with Crippen LogP contribution in [0.5, 0.6) is 0 Å². The van der Waals surface area contributed by atoms with Crippen molar-refractivity contribution in [2.45, 2.75) is 52.1 Å². The Morgan fingerprint density at radius 2 is 2.00 bits per heavy atom. The Labute approximate surface area is 95.0 Å². The lowest BCUT2D eigenvalue weighted by atomic mass is 9.92. The van der Waals surface area contributed by atoms with Crippen LogP contribution in [0.1, 0.15) is 40.5 Å². The molecule has 2 N–H and O–H groups in total. The maximum Gasteiger partial charge on any atom is 0.0590 e. The van der Waals surface area contributed by atoms with E-state index in [1.807, 2.05) is 0 Å². The van der Waals surface area contributed by atoms with Gasteiger partial charge in [0.25, 0.3) is 0 Å². The number of hydrogen-bond donors (Lipinski definition) is 1. The van der Waals surface area contributed by atoms with Crippen LogP contribution >= 0.6 is 0 Å². The van der Waals surface area contributed by atoms with Crippen molar-refractivity contribution >= 4 is 0 Å². The van der Waals surface area contributed by atoms with Gasteiger partial charge < -0.3 is 10.5 Å². The second-order valence-electron chi connectivity index (χ2n) is 4.73. The van der Waals surface area contributed by atoms with Gasteiger partial charge in [0.15, 0.2) is 0 Å². The van der Waals surface area contributed by atoms with Crippen LogP contribution in [-0.2, 0) is 4.74 Å². The molecule has 0 heterocycles. The van der Waals surface area contributed by atoms with Crippen molar-refractivity contribution in [1.29, 1.82) is 0 Å². The van der Waals surface area contributed by atoms with E-state index in [1.165, 1.54) is 6.42 Å². The smallest absolute Gasteiger partial charge is 0.0590 e. The molecule has 0 saturated carbocycles. The molecule has 0 aliphatic carbocycles. The normalized spacial score (nSPS) is 16.0. The van der Waals surface area contributed by atoms with Gasteiger partial charge in [-0.3, -0.25) is 4.90 Å². The van der Waals surface area contributed by atoms with Crippen LogP contribution in [-0.4, -0.2) is 43.3 Å². The molecule has 0 rings (SSSR count). The quantitative estimate of drug-likeness (QED) is 0.673. The third-order valence-corrected chi connectivity index (χ3v) is 3.08. The molecule has 3 nitrogen and oxygen atoms in total. The third kappa shape index (κ3) is 4.49. The van der Waals surface area contributed by atoms with E-state index >= 15 is 0 Å². The summed E-state index contributed by atoms with van der Waals surface area (Å²) in [5, 5.41) is 0. The fraction of sp³-hybridized carbons (Fsp3) is 1.00. The molecule has 0 bridgehead atoms. The van der Waals surface area contributed by atoms with E-state index in [0.717, 1.165) is 19.6 Å². The zero-order chi connectivity index (χ0) is 11.9. The summed E-state index contributed by atoms with van der Waals surface area (Å²) in [5.41, 5.74) is 6.03. The van der Waals surface area contributed by atoms with Crippen molar-refractivity contribution in [3.05, 3.63) is 0 Å². The van der Waals surface area contributed by atoms with Crippen molar-refractivity contribution in [1.82, 2.24) is 4.90 Å². The van der Waals surface area contributed by atoms with E-state index in [0.29, 0.717) is 12.6 Å². The number of methoxy groups -OCH3 is 1. The van der Waals surface area contributed by atoms with E-state index in [2.05, 4.69) is 32.6 Å². The number of rotatable bonds is 8. The van der Waals surface area contributed by atoms with Gasteiger partial charge in [0.05, 0.1) is 6.61 Å². The fourth-order valence-electron chi connectivity index (χ4n) is 2.24. The number of nitrogens with two attached hydrogens (primary N) is 1. The van der Waals surface area contributed by atoms with Crippen molar-refractivity contribution < 1.29 is 4.74 Å². The molecule has 0 spiro atoms. The summed E-state index contributed by atoms with van der Waals surface area (Å²) in [7, 11) is 1.75. The number of nitrogens with zero attached hydrogens (tertiary/aromatic N) is 1. The molecule has 0 radical (unpaired) electrons. The van der Waals surface area contributed by atoms with Gasteiger partial charge in [0, 0.05) is 31.8 Å². The Bertz CT molecular complexity index is 162. The highest BCUT2D eigenvalue weighted by atomic mass is 16.5. The molecule has 0 saturated heterocycles. The van der Waals surface area contributed by atoms with Crippen LogP contribution in [0.3, 0.4) is 0 Å². The van der Waals surface area contributed by atoms with Crippen LogP contribution in [0.4, 0.5) is 0 Å². The monoisotopic (exact) mass is 216 g/mol. The van der Waals surface area contributed by atoms with E-state index < -0.39 is 0 Å². The SMILES string of the molecule is CCCC(C)(CN)N(CCOC)C(C)C. The van der Waals surface area contributed by atoms with Crippen molar-refractivity contribution in [2.75, 3.05) is 26.8 Å². The first kappa shape index (κ1) is 14.9. The predicted molar refractivity (Wildman–Crippen MR) is 66.1 cm³/mol. The highest BCUT2D eigenvalue weighted by Gasteiger charge is 2.30. The molecule has 0 aromatic carbocycles. The fourth-order valence-corrected chi connectivity index (χ4v) is 2.24. The highest BCUT2D eigenvalue weighted by Crippen LogP contribution is 2.22. The van der Waals surface area contributed by atoms with Crippen molar-refractivity contribution in [3.8, 4) is 0 Å². The van der Waals surface area contributed by atoms with Crippen molar-refractivity contribution in [2.24, 2.45) is 5.73 Å². The van der Waals surface area contributed by atoms with Gasteiger partial charge in [0.2, 0.25) is 0 Å². The minimum absolute atomic E-state index is 0.113. The van der Waals surface area contributed by atoms with Gasteiger partial charge in [-0.05, 0) is 27.2 Å². The number of hydrogen-bond acceptors (Lipinski definition) is 3. The third-order valence-electron chi connectivity index (χ3n) is 3.08. The minimum Gasteiger partial charge on any atom is -0.383 e. The van der Waals surface area contributed by atoms with Gasteiger partial charge in [0.1, 0.15) is 0 Å². The van der Waals surface area contributed by atoms with Gasteiger partial charge >= 0.3 is 0 Å². The first-order valence-corrected chi connectivity index (χ1v) is 5.97. The first-order chi connectivity index (χ1) is 7.01. The maximum absolute atomic E-state index is 5.92. The van der Waals surface area contributed by atoms with E-state index in [4.69, 9.17) is 10.5 Å². The van der Waals surface area contributed by atoms with Gasteiger partial charge in [-0.15, -0.1) is 0 Å². The zero-order valence-corrected chi connectivity index (χ0v) is 11.0. The molecule has 0 fully saturated rings. The topological polar surface area (TPSA) is 38.5 Å². The Kier molecular flexibility index (Phi) is 7.14. The Hall–Kier alpha value is -0.120. The minimum atomic E-state index is 0.113. The lowest BCUT2D eigenvalue weighted by Crippen LogP contribution is -2.55. The molecule has 0 aliphatic rings. The summed E-state index contributed by atoms with van der Waals surface area (Å²) in [6.45, 7) is 11.4. The summed E-state index contributed by atoms with van der Waals surface area (Å²) < 4.78 is 5.16. The molecule has 0 aromatic rings. The molecule has 3 heteroatoms. The summed E-state index contributed by atoms with van der Waals surface area (Å²) in [6, 6.07) is 0.514. The molecule has 0 aromatic heterocycles. The summed E-state index contributed by atoms with van der Waals surface area (Å²) >= 11 is 0. The Balaban J connectivity index is 4.53. The molecule has 15 heavy (non-hydrogen) atoms. The summed E-state index contributed by atoms with van der Waals surface area (Å²) in [4.78, 5) is 2.46. The zero-order valence-electron chi connectivity index (χ0n) is 11.0. The van der Waals surface area contributed by atoms with Crippen LogP contribution in [0.25, 0.3) is 0 Å². The Morgan fingerprint density at radius 3 is 2.33 bits per heavy atom. The van der Waals surface area contributed by atoms with Crippen molar-refractivity contribution in [3.63, 3.8) is 0 Å². The molecule has 0 aliphatic heterocycles. The van der Waals surface area contributed by atoms with Crippen LogP contribution < -0.4 is 5.73 Å². The largest absolute Gasteiger partial charge is 0.383 e. The van der Waals surface area contributed by atoms with Gasteiger partial charge in [-0.1, -0.05) is 13.3 Å². The van der Waals surface area contributed by atoms with E-state index in [1.54, 1.807) is 7.11 Å². The van der Waals surface area contributed by atoms with E-state index in [9.17, 15) is 0 Å². The van der Waals surface area contributed by atoms with Crippen LogP contribution in [0.15, 0.2) is 0 Å².